The minimum Gasteiger partial charge on any atom is -0.497 e. The molecule has 0 saturated heterocycles. The minimum atomic E-state index is 0. The summed E-state index contributed by atoms with van der Waals surface area (Å²) in [7, 11) is 1.71. The van der Waals surface area contributed by atoms with Crippen molar-refractivity contribution in [3.63, 3.8) is 0 Å². The van der Waals surface area contributed by atoms with Crippen molar-refractivity contribution in [2.24, 2.45) is 0 Å². The number of hydrogen-bond donors (Lipinski definition) is 0. The molecular formula is C18H34O. The Kier molecular flexibility index (Phi) is 14.4. The van der Waals surface area contributed by atoms with Gasteiger partial charge in [0.05, 0.1) is 7.11 Å². The second kappa shape index (κ2) is 13.5. The van der Waals surface area contributed by atoms with Crippen molar-refractivity contribution in [1.82, 2.24) is 0 Å². The first-order valence-electron chi connectivity index (χ1n) is 6.99. The number of ether oxygens (including phenoxy) is 1. The molecule has 0 spiro atoms. The molecule has 1 nitrogen and oxygen atoms in total. The number of unbranched alkanes of at least 4 members (excludes halogenated alkanes) is 6. The van der Waals surface area contributed by atoms with Gasteiger partial charge in [-0.3, -0.25) is 0 Å². The predicted molar refractivity (Wildman–Crippen MR) is 88.2 cm³/mol. The van der Waals surface area contributed by atoms with Crippen LogP contribution in [-0.4, -0.2) is 7.11 Å². The highest BCUT2D eigenvalue weighted by Crippen LogP contribution is 2.14. The molecule has 0 atom stereocenters. The second-order valence-electron chi connectivity index (χ2n) is 4.72. The Morgan fingerprint density at radius 2 is 1.32 bits per heavy atom. The van der Waals surface area contributed by atoms with Gasteiger partial charge >= 0.3 is 0 Å². The van der Waals surface area contributed by atoms with Gasteiger partial charge < -0.3 is 4.74 Å². The number of rotatable bonds is 9. The summed E-state index contributed by atoms with van der Waals surface area (Å²) < 4.78 is 5.15. The van der Waals surface area contributed by atoms with E-state index in [4.69, 9.17) is 4.74 Å². The highest BCUT2D eigenvalue weighted by atomic mass is 16.5. The zero-order valence-corrected chi connectivity index (χ0v) is 11.4. The third kappa shape index (κ3) is 9.58. The normalized spacial score (nSPS) is 9.37. The first-order chi connectivity index (χ1) is 8.36. The van der Waals surface area contributed by atoms with Crippen LogP contribution in [0, 0.1) is 0 Å². The Balaban J connectivity index is 0. The number of methoxy groups -OCH3 is 1. The highest BCUT2D eigenvalue weighted by Gasteiger charge is 1.95. The summed E-state index contributed by atoms with van der Waals surface area (Å²) in [6, 6.07) is 8.46. The quantitative estimate of drug-likeness (QED) is 0.479. The average Bonchev–Trinajstić information content (AvgIpc) is 2.38. The van der Waals surface area contributed by atoms with Crippen molar-refractivity contribution in [1.29, 1.82) is 0 Å². The lowest BCUT2D eigenvalue weighted by Crippen LogP contribution is -1.87. The molecule has 19 heavy (non-hydrogen) atoms. The molecular weight excluding hydrogens is 232 g/mol. The van der Waals surface area contributed by atoms with Crippen LogP contribution >= 0.6 is 0 Å². The third-order valence-electron chi connectivity index (χ3n) is 3.23. The minimum absolute atomic E-state index is 0. The van der Waals surface area contributed by atoms with E-state index in [0.29, 0.717) is 0 Å². The van der Waals surface area contributed by atoms with E-state index in [1.165, 1.54) is 56.9 Å². The molecule has 1 rings (SSSR count). The summed E-state index contributed by atoms with van der Waals surface area (Å²) >= 11 is 0. The van der Waals surface area contributed by atoms with Gasteiger partial charge in [0, 0.05) is 0 Å². The van der Waals surface area contributed by atoms with Crippen molar-refractivity contribution >= 4 is 0 Å². The monoisotopic (exact) mass is 266 g/mol. The lowest BCUT2D eigenvalue weighted by molar-refractivity contribution is 0.414. The van der Waals surface area contributed by atoms with Crippen LogP contribution in [0.25, 0.3) is 0 Å². The first-order valence-corrected chi connectivity index (χ1v) is 6.99. The van der Waals surface area contributed by atoms with Gasteiger partial charge in [-0.2, -0.15) is 0 Å². The average molecular weight is 266 g/mol. The SMILES string of the molecule is C.C.CCCCCCCCCc1ccc(OC)cc1. The van der Waals surface area contributed by atoms with Crippen LogP contribution in [0.3, 0.4) is 0 Å². The van der Waals surface area contributed by atoms with E-state index < -0.39 is 0 Å². The first kappa shape index (κ1) is 20.3. The fourth-order valence-electron chi connectivity index (χ4n) is 2.08. The molecule has 0 N–H and O–H groups in total. The van der Waals surface area contributed by atoms with E-state index >= 15 is 0 Å². The van der Waals surface area contributed by atoms with Crippen LogP contribution in [-0.2, 0) is 6.42 Å². The van der Waals surface area contributed by atoms with E-state index in [2.05, 4.69) is 31.2 Å². The van der Waals surface area contributed by atoms with Gasteiger partial charge in [0.1, 0.15) is 5.75 Å². The third-order valence-corrected chi connectivity index (χ3v) is 3.23. The zero-order chi connectivity index (χ0) is 12.3. The second-order valence-corrected chi connectivity index (χ2v) is 4.72. The van der Waals surface area contributed by atoms with Crippen molar-refractivity contribution in [2.75, 3.05) is 7.11 Å². The molecule has 0 aliphatic heterocycles. The van der Waals surface area contributed by atoms with Crippen LogP contribution < -0.4 is 4.74 Å². The molecule has 1 aromatic rings. The molecule has 1 heteroatoms. The van der Waals surface area contributed by atoms with E-state index in [-0.39, 0.29) is 14.9 Å². The molecule has 0 aliphatic carbocycles. The van der Waals surface area contributed by atoms with Crippen LogP contribution in [0.1, 0.15) is 72.3 Å². The summed E-state index contributed by atoms with van der Waals surface area (Å²) in [6.07, 6.45) is 10.9. The molecule has 0 saturated carbocycles. The zero-order valence-electron chi connectivity index (χ0n) is 11.4. The molecule has 0 bridgehead atoms. The maximum Gasteiger partial charge on any atom is 0.118 e. The number of benzene rings is 1. The van der Waals surface area contributed by atoms with Crippen molar-refractivity contribution < 1.29 is 4.74 Å². The Morgan fingerprint density at radius 3 is 1.84 bits per heavy atom. The molecule has 0 fully saturated rings. The Hall–Kier alpha value is -0.980. The Labute approximate surface area is 121 Å². The lowest BCUT2D eigenvalue weighted by Gasteiger charge is -2.04. The Morgan fingerprint density at radius 1 is 0.789 bits per heavy atom. The fourth-order valence-corrected chi connectivity index (χ4v) is 2.08. The van der Waals surface area contributed by atoms with E-state index in [9.17, 15) is 0 Å². The van der Waals surface area contributed by atoms with Crippen LogP contribution in [0.4, 0.5) is 0 Å². The topological polar surface area (TPSA) is 9.23 Å². The maximum atomic E-state index is 5.15. The van der Waals surface area contributed by atoms with Crippen molar-refractivity contribution in [2.45, 2.75) is 73.1 Å². The van der Waals surface area contributed by atoms with Gasteiger partial charge in [-0.15, -0.1) is 0 Å². The van der Waals surface area contributed by atoms with Crippen LogP contribution in [0.15, 0.2) is 24.3 Å². The van der Waals surface area contributed by atoms with E-state index in [1.807, 2.05) is 0 Å². The van der Waals surface area contributed by atoms with Crippen LogP contribution in [0.5, 0.6) is 5.75 Å². The number of aryl methyl sites for hydroxylation is 1. The fraction of sp³-hybridized carbons (Fsp3) is 0.667. The van der Waals surface area contributed by atoms with Gasteiger partial charge in [-0.25, -0.2) is 0 Å². The van der Waals surface area contributed by atoms with Crippen LogP contribution in [0.2, 0.25) is 0 Å². The smallest absolute Gasteiger partial charge is 0.118 e. The largest absolute Gasteiger partial charge is 0.497 e. The summed E-state index contributed by atoms with van der Waals surface area (Å²) in [6.45, 7) is 2.27. The molecule has 0 amide bonds. The summed E-state index contributed by atoms with van der Waals surface area (Å²) in [5, 5.41) is 0. The lowest BCUT2D eigenvalue weighted by atomic mass is 10.0. The molecule has 0 heterocycles. The molecule has 0 aromatic heterocycles. The van der Waals surface area contributed by atoms with Gasteiger partial charge in [0.15, 0.2) is 0 Å². The predicted octanol–water partition coefficient (Wildman–Crippen LogP) is 6.26. The standard InChI is InChI=1S/C16H26O.2CH4/c1-3-4-5-6-7-8-9-10-15-11-13-16(17-2)14-12-15;;/h11-14H,3-10H2,1-2H3;2*1H4. The van der Waals surface area contributed by atoms with Gasteiger partial charge in [-0.05, 0) is 30.5 Å². The number of hydrogen-bond acceptors (Lipinski definition) is 1. The van der Waals surface area contributed by atoms with Crippen molar-refractivity contribution in [3.8, 4) is 5.75 Å². The summed E-state index contributed by atoms with van der Waals surface area (Å²) in [5.74, 6) is 0.952. The van der Waals surface area contributed by atoms with Gasteiger partial charge in [0.2, 0.25) is 0 Å². The molecule has 1 aromatic carbocycles. The summed E-state index contributed by atoms with van der Waals surface area (Å²) in [4.78, 5) is 0. The summed E-state index contributed by atoms with van der Waals surface area (Å²) in [5.41, 5.74) is 1.43. The molecule has 0 unspecified atom stereocenters. The van der Waals surface area contributed by atoms with E-state index in [1.54, 1.807) is 7.11 Å². The molecule has 112 valence electrons. The highest BCUT2D eigenvalue weighted by molar-refractivity contribution is 5.27. The van der Waals surface area contributed by atoms with Gasteiger partial charge in [0.25, 0.3) is 0 Å². The van der Waals surface area contributed by atoms with Crippen molar-refractivity contribution in [3.05, 3.63) is 29.8 Å². The van der Waals surface area contributed by atoms with Gasteiger partial charge in [-0.1, -0.05) is 72.4 Å². The Bertz CT molecular complexity index is 276. The molecule has 0 aliphatic rings. The van der Waals surface area contributed by atoms with E-state index in [0.717, 1.165) is 5.75 Å². The molecule has 0 radical (unpaired) electrons. The maximum absolute atomic E-state index is 5.15.